The lowest BCUT2D eigenvalue weighted by Crippen LogP contribution is -2.59. The van der Waals surface area contributed by atoms with Crippen molar-refractivity contribution in [3.63, 3.8) is 0 Å². The number of piperazine rings is 1. The van der Waals surface area contributed by atoms with Crippen LogP contribution in [-0.2, 0) is 6.42 Å². The second-order valence-electron chi connectivity index (χ2n) is 5.29. The van der Waals surface area contributed by atoms with Gasteiger partial charge in [0.2, 0.25) is 6.39 Å². The van der Waals surface area contributed by atoms with Crippen LogP contribution < -0.4 is 5.32 Å². The molecule has 17 heavy (non-hydrogen) atoms. The lowest BCUT2D eigenvalue weighted by atomic mass is 9.94. The summed E-state index contributed by atoms with van der Waals surface area (Å²) in [5.74, 6) is 0.823. The number of hydrogen-bond acceptors (Lipinski definition) is 5. The molecule has 5 heteroatoms. The molecule has 1 saturated heterocycles. The van der Waals surface area contributed by atoms with Gasteiger partial charge < -0.3 is 9.84 Å². The number of nitrogens with zero attached hydrogens (tertiary/aromatic N) is 3. The van der Waals surface area contributed by atoms with Crippen molar-refractivity contribution in [1.29, 1.82) is 0 Å². The van der Waals surface area contributed by atoms with E-state index in [2.05, 4.69) is 20.4 Å². The lowest BCUT2D eigenvalue weighted by Gasteiger charge is -2.41. The zero-order chi connectivity index (χ0) is 11.6. The predicted octanol–water partition coefficient (Wildman–Crippen LogP) is 0.830. The van der Waals surface area contributed by atoms with Gasteiger partial charge in [0.25, 0.3) is 0 Å². The Bertz CT molecular complexity index is 345. The van der Waals surface area contributed by atoms with Crippen LogP contribution in [-0.4, -0.2) is 46.8 Å². The maximum Gasteiger partial charge on any atom is 0.213 e. The van der Waals surface area contributed by atoms with E-state index in [0.717, 1.165) is 31.9 Å². The highest BCUT2D eigenvalue weighted by Crippen LogP contribution is 2.31. The summed E-state index contributed by atoms with van der Waals surface area (Å²) in [6.07, 6.45) is 7.74. The molecule has 0 unspecified atom stereocenters. The van der Waals surface area contributed by atoms with Gasteiger partial charge in [-0.2, -0.15) is 4.98 Å². The summed E-state index contributed by atoms with van der Waals surface area (Å²) in [6.45, 7) is 4.49. The maximum atomic E-state index is 4.76. The van der Waals surface area contributed by atoms with Crippen molar-refractivity contribution in [1.82, 2.24) is 20.4 Å². The fourth-order valence-corrected chi connectivity index (χ4v) is 3.18. The number of nitrogens with one attached hydrogen (secondary N) is 1. The molecule has 0 atom stereocenters. The molecular formula is C12H20N4O. The van der Waals surface area contributed by atoms with Gasteiger partial charge in [-0.1, -0.05) is 18.0 Å². The van der Waals surface area contributed by atoms with Crippen LogP contribution in [0, 0.1) is 0 Å². The first-order valence-electron chi connectivity index (χ1n) is 6.59. The molecule has 2 fully saturated rings. The van der Waals surface area contributed by atoms with E-state index in [9.17, 15) is 0 Å². The zero-order valence-electron chi connectivity index (χ0n) is 10.2. The predicted molar refractivity (Wildman–Crippen MR) is 63.6 cm³/mol. The average Bonchev–Trinajstić information content (AvgIpc) is 2.99. The third-order valence-electron chi connectivity index (χ3n) is 4.07. The van der Waals surface area contributed by atoms with Crippen molar-refractivity contribution in [2.45, 2.75) is 37.6 Å². The third-order valence-corrected chi connectivity index (χ3v) is 4.07. The van der Waals surface area contributed by atoms with E-state index in [1.165, 1.54) is 38.6 Å². The topological polar surface area (TPSA) is 54.2 Å². The van der Waals surface area contributed by atoms with Crippen LogP contribution in [0.5, 0.6) is 0 Å². The summed E-state index contributed by atoms with van der Waals surface area (Å²) >= 11 is 0. The monoisotopic (exact) mass is 236 g/mol. The van der Waals surface area contributed by atoms with Crippen LogP contribution in [0.4, 0.5) is 0 Å². The minimum atomic E-state index is 0.412. The fraction of sp³-hybridized carbons (Fsp3) is 0.833. The summed E-state index contributed by atoms with van der Waals surface area (Å²) in [4.78, 5) is 6.61. The van der Waals surface area contributed by atoms with Crippen molar-refractivity contribution in [3.8, 4) is 0 Å². The molecule has 1 aliphatic heterocycles. The molecule has 1 aliphatic carbocycles. The van der Waals surface area contributed by atoms with Gasteiger partial charge in [-0.15, -0.1) is 0 Å². The standard InChI is InChI=1S/C12H20N4O/c1-2-5-12(4-1)9-16(8-6-14-12)7-3-11-13-10-17-15-11/h10,14H,1-9H2. The van der Waals surface area contributed by atoms with Crippen molar-refractivity contribution >= 4 is 0 Å². The van der Waals surface area contributed by atoms with Crippen molar-refractivity contribution in [2.75, 3.05) is 26.2 Å². The lowest BCUT2D eigenvalue weighted by molar-refractivity contribution is 0.135. The Morgan fingerprint density at radius 2 is 2.29 bits per heavy atom. The van der Waals surface area contributed by atoms with Crippen LogP contribution in [0.3, 0.4) is 0 Å². The molecule has 2 aliphatic rings. The highest BCUT2D eigenvalue weighted by Gasteiger charge is 2.37. The van der Waals surface area contributed by atoms with Crippen molar-refractivity contribution < 1.29 is 4.52 Å². The normalized spacial score (nSPS) is 24.5. The third kappa shape index (κ3) is 2.50. The smallest absolute Gasteiger partial charge is 0.213 e. The van der Waals surface area contributed by atoms with Gasteiger partial charge in [0.1, 0.15) is 0 Å². The highest BCUT2D eigenvalue weighted by molar-refractivity contribution is 4.98. The first kappa shape index (κ1) is 11.2. The Labute approximate surface area is 102 Å². The fourth-order valence-electron chi connectivity index (χ4n) is 3.18. The van der Waals surface area contributed by atoms with Gasteiger partial charge in [0.05, 0.1) is 0 Å². The quantitative estimate of drug-likeness (QED) is 0.842. The van der Waals surface area contributed by atoms with Gasteiger partial charge in [-0.3, -0.25) is 4.90 Å². The summed E-state index contributed by atoms with van der Waals surface area (Å²) in [6, 6.07) is 0. The molecular weight excluding hydrogens is 216 g/mol. The zero-order valence-corrected chi connectivity index (χ0v) is 10.2. The molecule has 2 heterocycles. The van der Waals surface area contributed by atoms with E-state index < -0.39 is 0 Å². The largest absolute Gasteiger partial charge is 0.343 e. The molecule has 0 aromatic carbocycles. The summed E-state index contributed by atoms with van der Waals surface area (Å²) in [7, 11) is 0. The van der Waals surface area contributed by atoms with Crippen LogP contribution in [0.25, 0.3) is 0 Å². The number of aromatic nitrogens is 2. The Kier molecular flexibility index (Phi) is 3.11. The highest BCUT2D eigenvalue weighted by atomic mass is 16.5. The van der Waals surface area contributed by atoms with Crippen LogP contribution in [0.1, 0.15) is 31.5 Å². The summed E-state index contributed by atoms with van der Waals surface area (Å²) in [5.41, 5.74) is 0.412. The molecule has 0 radical (unpaired) electrons. The van der Waals surface area contributed by atoms with Gasteiger partial charge in [0.15, 0.2) is 5.82 Å². The van der Waals surface area contributed by atoms with E-state index in [4.69, 9.17) is 4.52 Å². The molecule has 5 nitrogen and oxygen atoms in total. The van der Waals surface area contributed by atoms with E-state index >= 15 is 0 Å². The van der Waals surface area contributed by atoms with E-state index in [-0.39, 0.29) is 0 Å². The molecule has 0 bridgehead atoms. The molecule has 3 rings (SSSR count). The Balaban J connectivity index is 1.53. The minimum absolute atomic E-state index is 0.412. The number of rotatable bonds is 3. The van der Waals surface area contributed by atoms with Crippen molar-refractivity contribution in [2.24, 2.45) is 0 Å². The Morgan fingerprint density at radius 3 is 3.06 bits per heavy atom. The minimum Gasteiger partial charge on any atom is -0.343 e. The van der Waals surface area contributed by atoms with Gasteiger partial charge in [-0.25, -0.2) is 0 Å². The number of hydrogen-bond donors (Lipinski definition) is 1. The first-order valence-corrected chi connectivity index (χ1v) is 6.59. The molecule has 1 N–H and O–H groups in total. The second kappa shape index (κ2) is 4.74. The van der Waals surface area contributed by atoms with E-state index in [1.807, 2.05) is 0 Å². The first-order chi connectivity index (χ1) is 8.36. The van der Waals surface area contributed by atoms with Gasteiger partial charge >= 0.3 is 0 Å². The van der Waals surface area contributed by atoms with E-state index in [1.54, 1.807) is 0 Å². The molecule has 1 aromatic heterocycles. The van der Waals surface area contributed by atoms with Gasteiger partial charge in [-0.05, 0) is 12.8 Å². The van der Waals surface area contributed by atoms with Crippen LogP contribution in [0.2, 0.25) is 0 Å². The van der Waals surface area contributed by atoms with Crippen LogP contribution in [0.15, 0.2) is 10.9 Å². The average molecular weight is 236 g/mol. The summed E-state index contributed by atoms with van der Waals surface area (Å²) < 4.78 is 4.76. The second-order valence-corrected chi connectivity index (χ2v) is 5.29. The van der Waals surface area contributed by atoms with Gasteiger partial charge in [0, 0.05) is 38.1 Å². The van der Waals surface area contributed by atoms with Crippen molar-refractivity contribution in [3.05, 3.63) is 12.2 Å². The summed E-state index contributed by atoms with van der Waals surface area (Å²) in [5, 5.41) is 7.59. The van der Waals surface area contributed by atoms with Crippen LogP contribution >= 0.6 is 0 Å². The Hall–Kier alpha value is -0.940. The molecule has 0 amide bonds. The SMILES string of the molecule is c1nc(CCN2CCNC3(CCCC3)C2)no1. The van der Waals surface area contributed by atoms with E-state index in [0.29, 0.717) is 5.54 Å². The molecule has 1 spiro atoms. The maximum absolute atomic E-state index is 4.76. The molecule has 94 valence electrons. The molecule has 1 saturated carbocycles. The molecule has 1 aromatic rings. The Morgan fingerprint density at radius 1 is 1.41 bits per heavy atom.